The summed E-state index contributed by atoms with van der Waals surface area (Å²) in [5, 5.41) is 22.9. The Morgan fingerprint density at radius 1 is 0.540 bits per heavy atom. The second-order valence-electron chi connectivity index (χ2n) is 15.0. The van der Waals surface area contributed by atoms with Crippen molar-refractivity contribution in [3.8, 4) is 0 Å². The molecule has 0 rings (SSSR count). The van der Waals surface area contributed by atoms with Crippen LogP contribution in [0.4, 0.5) is 0 Å². The van der Waals surface area contributed by atoms with Gasteiger partial charge in [-0.2, -0.15) is 0 Å². The molecule has 1 amide bonds. The zero-order valence-electron chi connectivity index (χ0n) is 33.4. The Labute approximate surface area is 310 Å². The number of nitrogens with one attached hydrogen (secondary N) is 1. The molecule has 0 fully saturated rings. The van der Waals surface area contributed by atoms with E-state index in [1.54, 1.807) is 6.08 Å². The molecule has 0 bridgehead atoms. The predicted octanol–water partition coefficient (Wildman–Crippen LogP) is 12.2. The van der Waals surface area contributed by atoms with Gasteiger partial charge in [-0.15, -0.1) is 0 Å². The number of amides is 1. The maximum absolute atomic E-state index is 12.3. The van der Waals surface area contributed by atoms with Gasteiger partial charge in [0.05, 0.1) is 25.4 Å². The summed E-state index contributed by atoms with van der Waals surface area (Å²) in [6.45, 7) is 4.83. The van der Waals surface area contributed by atoms with Crippen LogP contribution in [0.25, 0.3) is 0 Å². The molecule has 2 atom stereocenters. The number of allylic oxidation sites excluding steroid dienone is 1. The van der Waals surface area contributed by atoms with Crippen LogP contribution < -0.4 is 5.32 Å². The van der Waals surface area contributed by atoms with Crippen LogP contribution in [0.1, 0.15) is 232 Å². The minimum atomic E-state index is -0.853. The van der Waals surface area contributed by atoms with Gasteiger partial charge in [0.2, 0.25) is 5.91 Å². The molecule has 0 aromatic rings. The molecule has 0 saturated carbocycles. The number of carbonyl (C=O) groups is 2. The van der Waals surface area contributed by atoms with E-state index in [-0.39, 0.29) is 18.5 Å². The van der Waals surface area contributed by atoms with Crippen molar-refractivity contribution in [2.45, 2.75) is 244 Å². The predicted molar refractivity (Wildman–Crippen MR) is 213 cm³/mol. The molecule has 6 heteroatoms. The lowest BCUT2D eigenvalue weighted by Crippen LogP contribution is -2.45. The summed E-state index contributed by atoms with van der Waals surface area (Å²) in [6, 6.07) is -0.638. The Balaban J connectivity index is 3.51. The number of esters is 1. The molecule has 0 aliphatic rings. The molecule has 6 nitrogen and oxygen atoms in total. The zero-order valence-corrected chi connectivity index (χ0v) is 33.4. The average Bonchev–Trinajstić information content (AvgIpc) is 3.11. The van der Waals surface area contributed by atoms with Gasteiger partial charge < -0.3 is 20.3 Å². The third kappa shape index (κ3) is 36.4. The van der Waals surface area contributed by atoms with Gasteiger partial charge in [0.1, 0.15) is 0 Å². The van der Waals surface area contributed by atoms with E-state index in [0.717, 1.165) is 57.8 Å². The maximum atomic E-state index is 12.3. The van der Waals surface area contributed by atoms with Crippen molar-refractivity contribution >= 4 is 11.9 Å². The first kappa shape index (κ1) is 48.6. The van der Waals surface area contributed by atoms with E-state index in [9.17, 15) is 19.8 Å². The van der Waals surface area contributed by atoms with Gasteiger partial charge in [0, 0.05) is 12.8 Å². The van der Waals surface area contributed by atoms with Crippen LogP contribution in [0.15, 0.2) is 12.2 Å². The summed E-state index contributed by atoms with van der Waals surface area (Å²) >= 11 is 0. The fourth-order valence-corrected chi connectivity index (χ4v) is 6.63. The molecule has 0 aromatic heterocycles. The topological polar surface area (TPSA) is 95.9 Å². The highest BCUT2D eigenvalue weighted by Gasteiger charge is 2.18. The van der Waals surface area contributed by atoms with Gasteiger partial charge in [-0.3, -0.25) is 9.59 Å². The Kier molecular flexibility index (Phi) is 39.2. The summed E-state index contributed by atoms with van der Waals surface area (Å²) in [5.41, 5.74) is 0. The first-order chi connectivity index (χ1) is 24.5. The number of rotatable bonds is 40. The van der Waals surface area contributed by atoms with Gasteiger partial charge >= 0.3 is 5.97 Å². The number of aliphatic hydroxyl groups excluding tert-OH is 2. The van der Waals surface area contributed by atoms with Crippen LogP contribution in [0.3, 0.4) is 0 Å². The minimum absolute atomic E-state index is 0.0165. The van der Waals surface area contributed by atoms with E-state index < -0.39 is 12.1 Å². The van der Waals surface area contributed by atoms with Crippen molar-refractivity contribution in [3.63, 3.8) is 0 Å². The highest BCUT2D eigenvalue weighted by atomic mass is 16.5. The molecule has 0 saturated heterocycles. The number of aliphatic hydroxyl groups is 2. The summed E-state index contributed by atoms with van der Waals surface area (Å²) in [4.78, 5) is 24.3. The Hall–Kier alpha value is -1.40. The lowest BCUT2D eigenvalue weighted by atomic mass is 10.0. The Morgan fingerprint density at radius 3 is 1.36 bits per heavy atom. The third-order valence-corrected chi connectivity index (χ3v) is 10.1. The zero-order chi connectivity index (χ0) is 36.6. The van der Waals surface area contributed by atoms with Crippen LogP contribution >= 0.6 is 0 Å². The second kappa shape index (κ2) is 40.4. The first-order valence-electron chi connectivity index (χ1n) is 22.0. The molecule has 0 heterocycles. The van der Waals surface area contributed by atoms with Gasteiger partial charge in [-0.05, 0) is 32.1 Å². The molecule has 0 radical (unpaired) electrons. The maximum Gasteiger partial charge on any atom is 0.305 e. The monoisotopic (exact) mass is 708 g/mol. The largest absolute Gasteiger partial charge is 0.466 e. The van der Waals surface area contributed by atoms with E-state index in [2.05, 4.69) is 19.2 Å². The lowest BCUT2D eigenvalue weighted by molar-refractivity contribution is -0.143. The number of ether oxygens (including phenoxy) is 1. The highest BCUT2D eigenvalue weighted by molar-refractivity contribution is 5.76. The van der Waals surface area contributed by atoms with Crippen LogP contribution in [0.5, 0.6) is 0 Å². The normalized spacial score (nSPS) is 12.8. The standard InChI is InChI=1S/C44H85NO5/c1-3-5-7-9-11-13-16-20-24-28-32-36-42(47)41(40-46)45-43(48)37-33-29-25-21-18-15-19-23-27-31-35-39-50-44(49)38-34-30-26-22-17-14-12-10-8-6-4-2/h32,36,41-42,46-47H,3-31,33-35,37-40H2,1-2H3,(H,45,48)/b36-32+. The van der Waals surface area contributed by atoms with Crippen molar-refractivity contribution in [1.82, 2.24) is 5.32 Å². The quantitative estimate of drug-likeness (QED) is 0.0335. The van der Waals surface area contributed by atoms with Gasteiger partial charge in [0.25, 0.3) is 0 Å². The second-order valence-corrected chi connectivity index (χ2v) is 15.0. The van der Waals surface area contributed by atoms with Gasteiger partial charge in [-0.25, -0.2) is 0 Å². The van der Waals surface area contributed by atoms with Crippen molar-refractivity contribution in [1.29, 1.82) is 0 Å². The van der Waals surface area contributed by atoms with E-state index in [0.29, 0.717) is 19.4 Å². The van der Waals surface area contributed by atoms with Gasteiger partial charge in [0.15, 0.2) is 0 Å². The molecule has 0 aliphatic carbocycles. The van der Waals surface area contributed by atoms with Crippen LogP contribution in [-0.4, -0.2) is 47.4 Å². The number of hydrogen-bond donors (Lipinski definition) is 3. The van der Waals surface area contributed by atoms with Crippen LogP contribution in [0, 0.1) is 0 Å². The summed E-state index contributed by atoms with van der Waals surface area (Å²) < 4.78 is 5.43. The fourth-order valence-electron chi connectivity index (χ4n) is 6.63. The SMILES string of the molecule is CCCCCCCCCCC/C=C/C(O)C(CO)NC(=O)CCCCCCCCCCCCCOC(=O)CCCCCCCCCCCCC. The summed E-state index contributed by atoms with van der Waals surface area (Å²) in [7, 11) is 0. The molecule has 0 aromatic carbocycles. The number of hydrogen-bond acceptors (Lipinski definition) is 5. The van der Waals surface area contributed by atoms with Crippen molar-refractivity contribution in [3.05, 3.63) is 12.2 Å². The van der Waals surface area contributed by atoms with E-state index >= 15 is 0 Å². The molecule has 0 spiro atoms. The molecular weight excluding hydrogens is 622 g/mol. The van der Waals surface area contributed by atoms with Crippen molar-refractivity contribution in [2.75, 3.05) is 13.2 Å². The van der Waals surface area contributed by atoms with Crippen molar-refractivity contribution in [2.24, 2.45) is 0 Å². The molecule has 0 aliphatic heterocycles. The first-order valence-corrected chi connectivity index (χ1v) is 22.0. The van der Waals surface area contributed by atoms with E-state index in [1.165, 1.54) is 148 Å². The molecule has 296 valence electrons. The van der Waals surface area contributed by atoms with Crippen molar-refractivity contribution < 1.29 is 24.5 Å². The Bertz CT molecular complexity index is 742. The molecule has 2 unspecified atom stereocenters. The molecule has 50 heavy (non-hydrogen) atoms. The van der Waals surface area contributed by atoms with E-state index in [4.69, 9.17) is 4.74 Å². The highest BCUT2D eigenvalue weighted by Crippen LogP contribution is 2.15. The average molecular weight is 708 g/mol. The lowest BCUT2D eigenvalue weighted by Gasteiger charge is -2.20. The fraction of sp³-hybridized carbons (Fsp3) is 0.909. The van der Waals surface area contributed by atoms with E-state index in [1.807, 2.05) is 6.08 Å². The Morgan fingerprint density at radius 2 is 0.920 bits per heavy atom. The third-order valence-electron chi connectivity index (χ3n) is 10.1. The van der Waals surface area contributed by atoms with Crippen LogP contribution in [0.2, 0.25) is 0 Å². The number of carbonyl (C=O) groups excluding carboxylic acids is 2. The van der Waals surface area contributed by atoms with Crippen LogP contribution in [-0.2, 0) is 14.3 Å². The minimum Gasteiger partial charge on any atom is -0.466 e. The molecular formula is C44H85NO5. The summed E-state index contributed by atoms with van der Waals surface area (Å²) in [5.74, 6) is -0.105. The van der Waals surface area contributed by atoms with Gasteiger partial charge in [-0.1, -0.05) is 199 Å². The number of unbranched alkanes of at least 4 members (excludes halogenated alkanes) is 29. The molecule has 3 N–H and O–H groups in total. The smallest absolute Gasteiger partial charge is 0.305 e. The summed E-state index contributed by atoms with van der Waals surface area (Å²) in [6.07, 6.45) is 43.3.